The largest absolute Gasteiger partial charge is 0.476 e. The van der Waals surface area contributed by atoms with E-state index in [1.165, 1.54) is 0 Å². The Balaban J connectivity index is 2.45. The van der Waals surface area contributed by atoms with Gasteiger partial charge in [-0.25, -0.2) is 9.37 Å². The van der Waals surface area contributed by atoms with E-state index in [2.05, 4.69) is 0 Å². The number of aliphatic hydroxyl groups is 3. The molecule has 0 saturated carbocycles. The van der Waals surface area contributed by atoms with Crippen LogP contribution in [0.3, 0.4) is 0 Å². The second-order valence-electron chi connectivity index (χ2n) is 5.06. The number of aliphatic hydroxyl groups excluding tert-OH is 3. The van der Waals surface area contributed by atoms with Crippen molar-refractivity contribution in [3.05, 3.63) is 11.5 Å². The van der Waals surface area contributed by atoms with Crippen molar-refractivity contribution in [2.45, 2.75) is 37.6 Å². The van der Waals surface area contributed by atoms with E-state index in [0.29, 0.717) is 5.71 Å². The third kappa shape index (κ3) is 2.48. The van der Waals surface area contributed by atoms with Crippen LogP contribution in [0.15, 0.2) is 11.5 Å². The summed E-state index contributed by atoms with van der Waals surface area (Å²) >= 11 is 0. The van der Waals surface area contributed by atoms with E-state index in [4.69, 9.17) is 25.4 Å². The first-order valence-corrected chi connectivity index (χ1v) is 6.38. The molecule has 0 aromatic carbocycles. The maximum absolute atomic E-state index is 11.0. The molecule has 9 nitrogen and oxygen atoms in total. The zero-order valence-corrected chi connectivity index (χ0v) is 11.6. The Kier molecular flexibility index (Phi) is 4.19. The number of hydrogen-bond acceptors (Lipinski definition) is 7. The van der Waals surface area contributed by atoms with E-state index in [1.807, 2.05) is 0 Å². The van der Waals surface area contributed by atoms with Gasteiger partial charge in [-0.2, -0.15) is 0 Å². The fourth-order valence-corrected chi connectivity index (χ4v) is 2.52. The van der Waals surface area contributed by atoms with Crippen LogP contribution in [0.1, 0.15) is 6.92 Å². The number of ether oxygens (including phenoxy) is 2. The number of likely N-dealkylation sites (N-methyl/N-ethyl adjacent to an activating group) is 1. The number of carbonyl (C=O) groups is 1. The average molecular weight is 303 g/mol. The summed E-state index contributed by atoms with van der Waals surface area (Å²) in [5.74, 6) is -1.40. The SMILES string of the molecule is CC1=[N+](C)[C@H]2[C@@H](OC1=C(N)C(=O)O)O[C@H](CO)[C@H](O)[C@@H]2O. The van der Waals surface area contributed by atoms with Gasteiger partial charge in [-0.3, -0.25) is 0 Å². The molecule has 21 heavy (non-hydrogen) atoms. The molecule has 5 atom stereocenters. The van der Waals surface area contributed by atoms with Gasteiger partial charge in [0.05, 0.1) is 6.61 Å². The molecule has 0 aromatic rings. The van der Waals surface area contributed by atoms with Gasteiger partial charge >= 0.3 is 5.97 Å². The van der Waals surface area contributed by atoms with Crippen LogP contribution < -0.4 is 5.73 Å². The van der Waals surface area contributed by atoms with E-state index >= 15 is 0 Å². The minimum absolute atomic E-state index is 0.0634. The van der Waals surface area contributed by atoms with Crippen LogP contribution in [0, 0.1) is 0 Å². The highest BCUT2D eigenvalue weighted by Crippen LogP contribution is 2.29. The molecule has 2 aliphatic rings. The summed E-state index contributed by atoms with van der Waals surface area (Å²) in [5.41, 5.74) is 5.40. The molecule has 2 heterocycles. The minimum atomic E-state index is -1.34. The van der Waals surface area contributed by atoms with Gasteiger partial charge in [-0.05, 0) is 0 Å². The lowest BCUT2D eigenvalue weighted by molar-refractivity contribution is -0.594. The van der Waals surface area contributed by atoms with Crippen LogP contribution in [0.5, 0.6) is 0 Å². The van der Waals surface area contributed by atoms with E-state index < -0.39 is 48.9 Å². The molecule has 0 radical (unpaired) electrons. The van der Waals surface area contributed by atoms with E-state index in [1.54, 1.807) is 18.5 Å². The first-order valence-electron chi connectivity index (χ1n) is 6.38. The van der Waals surface area contributed by atoms with Gasteiger partial charge in [-0.15, -0.1) is 0 Å². The molecule has 1 fully saturated rings. The number of allylic oxidation sites excluding steroid dienone is 1. The van der Waals surface area contributed by atoms with Crippen LogP contribution >= 0.6 is 0 Å². The van der Waals surface area contributed by atoms with Gasteiger partial charge in [0.1, 0.15) is 25.4 Å². The number of nitrogens with two attached hydrogens (primary N) is 1. The van der Waals surface area contributed by atoms with Crippen LogP contribution in [-0.2, 0) is 14.3 Å². The number of rotatable bonds is 2. The highest BCUT2D eigenvalue weighted by molar-refractivity contribution is 6.00. The van der Waals surface area contributed by atoms with Crippen molar-refractivity contribution in [1.82, 2.24) is 0 Å². The van der Waals surface area contributed by atoms with Crippen molar-refractivity contribution in [1.29, 1.82) is 0 Å². The van der Waals surface area contributed by atoms with Gasteiger partial charge < -0.3 is 35.6 Å². The molecule has 2 aliphatic heterocycles. The maximum Gasteiger partial charge on any atom is 0.355 e. The Morgan fingerprint density at radius 3 is 2.52 bits per heavy atom. The second-order valence-corrected chi connectivity index (χ2v) is 5.06. The molecule has 118 valence electrons. The van der Waals surface area contributed by atoms with E-state index in [-0.39, 0.29) is 5.76 Å². The summed E-state index contributed by atoms with van der Waals surface area (Å²) < 4.78 is 12.4. The quantitative estimate of drug-likeness (QED) is 0.271. The Morgan fingerprint density at radius 1 is 1.38 bits per heavy atom. The predicted molar refractivity (Wildman–Crippen MR) is 68.3 cm³/mol. The molecule has 2 rings (SSSR count). The summed E-state index contributed by atoms with van der Waals surface area (Å²) in [6.45, 7) is 1.07. The number of carboxylic acids is 1. The van der Waals surface area contributed by atoms with E-state index in [9.17, 15) is 15.0 Å². The predicted octanol–water partition coefficient (Wildman–Crippen LogP) is -2.82. The highest BCUT2D eigenvalue weighted by atomic mass is 16.7. The average Bonchev–Trinajstić information content (AvgIpc) is 2.45. The van der Waals surface area contributed by atoms with Crippen molar-refractivity contribution >= 4 is 11.7 Å². The Morgan fingerprint density at radius 2 is 2.00 bits per heavy atom. The van der Waals surface area contributed by atoms with Crippen LogP contribution in [0.25, 0.3) is 0 Å². The summed E-state index contributed by atoms with van der Waals surface area (Å²) in [7, 11) is 1.60. The van der Waals surface area contributed by atoms with Gasteiger partial charge in [0.25, 0.3) is 6.29 Å². The molecule has 0 bridgehead atoms. The Hall–Kier alpha value is -1.68. The molecule has 1 saturated heterocycles. The van der Waals surface area contributed by atoms with Crippen molar-refractivity contribution in [2.24, 2.45) is 5.73 Å². The number of nitrogens with zero attached hydrogens (tertiary/aromatic N) is 1. The fourth-order valence-electron chi connectivity index (χ4n) is 2.52. The summed E-state index contributed by atoms with van der Waals surface area (Å²) in [5, 5.41) is 38.2. The molecule has 0 aromatic heterocycles. The fraction of sp³-hybridized carbons (Fsp3) is 0.667. The zero-order valence-electron chi connectivity index (χ0n) is 11.6. The summed E-state index contributed by atoms with van der Waals surface area (Å²) in [6.07, 6.45) is -4.59. The molecule has 0 unspecified atom stereocenters. The molecular formula is C12H19N2O7+. The lowest BCUT2D eigenvalue weighted by Gasteiger charge is -2.41. The molecule has 0 aliphatic carbocycles. The van der Waals surface area contributed by atoms with Crippen LogP contribution in [0.4, 0.5) is 0 Å². The molecule has 9 heteroatoms. The molecule has 0 amide bonds. The third-order valence-corrected chi connectivity index (χ3v) is 3.86. The lowest BCUT2D eigenvalue weighted by atomic mass is 9.95. The summed E-state index contributed by atoms with van der Waals surface area (Å²) in [4.78, 5) is 11.0. The second kappa shape index (κ2) is 5.60. The lowest BCUT2D eigenvalue weighted by Crippen LogP contribution is -2.64. The van der Waals surface area contributed by atoms with Crippen molar-refractivity contribution in [3.63, 3.8) is 0 Å². The minimum Gasteiger partial charge on any atom is -0.476 e. The number of hydrogen-bond donors (Lipinski definition) is 5. The first-order chi connectivity index (χ1) is 9.79. The smallest absolute Gasteiger partial charge is 0.355 e. The number of aliphatic carboxylic acids is 1. The standard InChI is InChI=1S/C12H18N2O7/c1-4-10(6(13)11(18)19)21-12-7(14(4)2)9(17)8(16)5(3-15)20-12/h5,7-9,12-13,15-17H,3H2,1-2H3,(H,18,19)/p+1/t5-,7-,8+,9-,12-/m1/s1. The Labute approximate surface area is 120 Å². The van der Waals surface area contributed by atoms with E-state index in [0.717, 1.165) is 0 Å². The Bertz CT molecular complexity index is 516. The number of carboxylic acid groups (broad SMARTS) is 1. The van der Waals surface area contributed by atoms with Gasteiger partial charge in [0, 0.05) is 6.92 Å². The van der Waals surface area contributed by atoms with Crippen LogP contribution in [0.2, 0.25) is 0 Å². The number of fused-ring (bicyclic) bond motifs is 1. The topological polar surface area (TPSA) is 145 Å². The van der Waals surface area contributed by atoms with Gasteiger partial charge in [-0.1, -0.05) is 0 Å². The molecular weight excluding hydrogens is 284 g/mol. The van der Waals surface area contributed by atoms with Gasteiger partial charge in [0.15, 0.2) is 5.70 Å². The molecule has 0 spiro atoms. The monoisotopic (exact) mass is 303 g/mol. The molecule has 6 N–H and O–H groups in total. The van der Waals surface area contributed by atoms with Crippen molar-refractivity contribution in [3.8, 4) is 0 Å². The van der Waals surface area contributed by atoms with Crippen molar-refractivity contribution < 1.29 is 39.3 Å². The van der Waals surface area contributed by atoms with Crippen LogP contribution in [-0.4, -0.2) is 81.0 Å². The third-order valence-electron chi connectivity index (χ3n) is 3.86. The zero-order chi connectivity index (χ0) is 15.9. The maximum atomic E-state index is 11.0. The van der Waals surface area contributed by atoms with Crippen molar-refractivity contribution in [2.75, 3.05) is 13.7 Å². The normalized spacial score (nSPS) is 38.6. The summed E-state index contributed by atoms with van der Waals surface area (Å²) in [6, 6.07) is -0.742. The first kappa shape index (κ1) is 15.7. The highest BCUT2D eigenvalue weighted by Gasteiger charge is 2.54. The van der Waals surface area contributed by atoms with Gasteiger partial charge in [0.2, 0.25) is 17.5 Å².